The topological polar surface area (TPSA) is 69.6 Å². The first-order valence-electron chi connectivity index (χ1n) is 7.27. The van der Waals surface area contributed by atoms with Gasteiger partial charge < -0.3 is 15.3 Å². The first-order valence-corrected chi connectivity index (χ1v) is 9.43. The number of carbonyl (C=O) groups is 2. The van der Waals surface area contributed by atoms with Gasteiger partial charge in [-0.3, -0.25) is 4.79 Å². The molecule has 2 N–H and O–H groups in total. The van der Waals surface area contributed by atoms with Crippen molar-refractivity contribution in [3.8, 4) is 0 Å². The molecule has 2 rings (SSSR count). The van der Waals surface area contributed by atoms with E-state index in [2.05, 4.69) is 50.5 Å². The fourth-order valence-corrected chi connectivity index (χ4v) is 2.16. The van der Waals surface area contributed by atoms with Crippen molar-refractivity contribution >= 4 is 57.1 Å². The summed E-state index contributed by atoms with van der Waals surface area (Å²) in [6.07, 6.45) is 0. The minimum absolute atomic E-state index is 0.0476. The number of carboxylic acids is 1. The molecule has 0 fully saturated rings. The molecule has 0 atom stereocenters. The van der Waals surface area contributed by atoms with Gasteiger partial charge in [-0.2, -0.15) is 0 Å². The lowest BCUT2D eigenvalue weighted by Crippen LogP contribution is -2.21. The van der Waals surface area contributed by atoms with Crippen molar-refractivity contribution in [2.45, 2.75) is 0 Å². The maximum Gasteiger partial charge on any atom is 0.335 e. The van der Waals surface area contributed by atoms with Crippen molar-refractivity contribution < 1.29 is 14.7 Å². The number of nitrogens with zero attached hydrogens (tertiary/aromatic N) is 1. The number of benzene rings is 2. The SMILES string of the molecule is CN(C)C(=O)c1ccc(I)cc1.CNC.O=C(O)c1ccc(I)cc1. The summed E-state index contributed by atoms with van der Waals surface area (Å²) >= 11 is 4.34. The summed E-state index contributed by atoms with van der Waals surface area (Å²) in [5.74, 6) is -0.831. The summed E-state index contributed by atoms with van der Waals surface area (Å²) < 4.78 is 2.19. The molecule has 5 nitrogen and oxygen atoms in total. The van der Waals surface area contributed by atoms with E-state index in [1.54, 1.807) is 43.3 Å². The molecule has 0 aromatic heterocycles. The van der Waals surface area contributed by atoms with E-state index >= 15 is 0 Å². The third-order valence-electron chi connectivity index (χ3n) is 2.59. The Bertz CT molecular complexity index is 657. The molecule has 0 saturated heterocycles. The molecule has 0 unspecified atom stereocenters. The van der Waals surface area contributed by atoms with Crippen LogP contribution in [-0.2, 0) is 0 Å². The van der Waals surface area contributed by atoms with E-state index in [1.807, 2.05) is 38.4 Å². The van der Waals surface area contributed by atoms with Gasteiger partial charge in [0, 0.05) is 26.8 Å². The normalized spacial score (nSPS) is 9.04. The van der Waals surface area contributed by atoms with Gasteiger partial charge in [0.25, 0.3) is 5.91 Å². The highest BCUT2D eigenvalue weighted by atomic mass is 127. The molecule has 7 heteroatoms. The van der Waals surface area contributed by atoms with Gasteiger partial charge in [0.1, 0.15) is 0 Å². The van der Waals surface area contributed by atoms with Crippen LogP contribution in [0, 0.1) is 7.14 Å². The van der Waals surface area contributed by atoms with Crippen LogP contribution in [0.3, 0.4) is 0 Å². The van der Waals surface area contributed by atoms with Gasteiger partial charge in [-0.05, 0) is 108 Å². The van der Waals surface area contributed by atoms with Crippen LogP contribution in [-0.4, -0.2) is 50.1 Å². The molecule has 0 saturated carbocycles. The van der Waals surface area contributed by atoms with E-state index in [1.165, 1.54) is 0 Å². The number of nitrogens with one attached hydrogen (secondary N) is 1. The molecular weight excluding hydrogens is 546 g/mol. The van der Waals surface area contributed by atoms with Crippen molar-refractivity contribution in [1.82, 2.24) is 10.2 Å². The molecule has 0 aliphatic heterocycles. The predicted octanol–water partition coefficient (Wildman–Crippen LogP) is 3.82. The van der Waals surface area contributed by atoms with E-state index in [0.717, 1.165) is 12.7 Å². The monoisotopic (exact) mass is 568 g/mol. The lowest BCUT2D eigenvalue weighted by Gasteiger charge is -2.09. The lowest BCUT2D eigenvalue weighted by atomic mass is 10.2. The summed E-state index contributed by atoms with van der Waals surface area (Å²) in [7, 11) is 7.25. The molecule has 136 valence electrons. The van der Waals surface area contributed by atoms with Crippen molar-refractivity contribution in [2.75, 3.05) is 28.2 Å². The summed E-state index contributed by atoms with van der Waals surface area (Å²) in [6, 6.07) is 14.2. The third-order valence-corrected chi connectivity index (χ3v) is 4.03. The van der Waals surface area contributed by atoms with Crippen LogP contribution >= 0.6 is 45.2 Å². The first kappa shape index (κ1) is 23.8. The van der Waals surface area contributed by atoms with Crippen LogP contribution < -0.4 is 5.32 Å². The Morgan fingerprint density at radius 3 is 1.44 bits per heavy atom. The molecule has 1 amide bonds. The molecular formula is C18H22I2N2O3. The summed E-state index contributed by atoms with van der Waals surface area (Å²) in [6.45, 7) is 0. The quantitative estimate of drug-likeness (QED) is 0.541. The summed E-state index contributed by atoms with van der Waals surface area (Å²) in [4.78, 5) is 23.3. The van der Waals surface area contributed by atoms with Gasteiger partial charge >= 0.3 is 5.97 Å². The van der Waals surface area contributed by atoms with E-state index < -0.39 is 5.97 Å². The Balaban J connectivity index is 0.000000403. The van der Waals surface area contributed by atoms with Crippen LogP contribution in [0.5, 0.6) is 0 Å². The molecule has 2 aromatic rings. The fourth-order valence-electron chi connectivity index (χ4n) is 1.44. The zero-order valence-electron chi connectivity index (χ0n) is 14.6. The Morgan fingerprint density at radius 1 is 0.840 bits per heavy atom. The number of carbonyl (C=O) groups excluding carboxylic acids is 1. The minimum Gasteiger partial charge on any atom is -0.478 e. The second-order valence-electron chi connectivity index (χ2n) is 5.02. The van der Waals surface area contributed by atoms with Crippen molar-refractivity contribution in [3.63, 3.8) is 0 Å². The average molecular weight is 568 g/mol. The van der Waals surface area contributed by atoms with E-state index in [-0.39, 0.29) is 5.91 Å². The largest absolute Gasteiger partial charge is 0.478 e. The summed E-state index contributed by atoms with van der Waals surface area (Å²) in [5, 5.41) is 11.2. The number of amides is 1. The van der Waals surface area contributed by atoms with Gasteiger partial charge in [0.15, 0.2) is 0 Å². The van der Waals surface area contributed by atoms with Crippen LogP contribution in [0.2, 0.25) is 0 Å². The van der Waals surface area contributed by atoms with Crippen LogP contribution in [0.4, 0.5) is 0 Å². The van der Waals surface area contributed by atoms with Gasteiger partial charge in [0.2, 0.25) is 0 Å². The van der Waals surface area contributed by atoms with Gasteiger partial charge in [-0.15, -0.1) is 0 Å². The number of halogens is 2. The van der Waals surface area contributed by atoms with Crippen LogP contribution in [0.1, 0.15) is 20.7 Å². The smallest absolute Gasteiger partial charge is 0.335 e. The Hall–Kier alpha value is -1.20. The summed E-state index contributed by atoms with van der Waals surface area (Å²) in [5.41, 5.74) is 1.07. The predicted molar refractivity (Wildman–Crippen MR) is 118 cm³/mol. The maximum absolute atomic E-state index is 11.4. The van der Waals surface area contributed by atoms with Crippen LogP contribution in [0.15, 0.2) is 48.5 Å². The molecule has 0 radical (unpaired) electrons. The molecule has 0 aliphatic rings. The molecule has 25 heavy (non-hydrogen) atoms. The Morgan fingerprint density at radius 2 is 1.16 bits per heavy atom. The third kappa shape index (κ3) is 10.4. The standard InChI is InChI=1S/C9H10INO.C7H5IO2.C2H7N/c1-11(2)9(12)7-3-5-8(10)6-4-7;8-6-3-1-5(2-4-6)7(9)10;1-3-2/h3-6H,1-2H3;1-4H,(H,9,10);3H,1-2H3. The van der Waals surface area contributed by atoms with Gasteiger partial charge in [0.05, 0.1) is 5.56 Å². The molecule has 0 heterocycles. The zero-order chi connectivity index (χ0) is 19.4. The fraction of sp³-hybridized carbons (Fsp3) is 0.222. The lowest BCUT2D eigenvalue weighted by molar-refractivity contribution is 0.0696. The van der Waals surface area contributed by atoms with Crippen molar-refractivity contribution in [3.05, 3.63) is 66.8 Å². The second kappa shape index (κ2) is 13.1. The number of hydrogen-bond donors (Lipinski definition) is 2. The van der Waals surface area contributed by atoms with E-state index in [4.69, 9.17) is 5.11 Å². The van der Waals surface area contributed by atoms with Crippen molar-refractivity contribution in [2.24, 2.45) is 0 Å². The molecule has 0 bridgehead atoms. The second-order valence-corrected chi connectivity index (χ2v) is 7.51. The average Bonchev–Trinajstić information content (AvgIpc) is 2.56. The van der Waals surface area contributed by atoms with E-state index in [0.29, 0.717) is 5.56 Å². The van der Waals surface area contributed by atoms with Gasteiger partial charge in [-0.1, -0.05) is 0 Å². The van der Waals surface area contributed by atoms with Crippen LogP contribution in [0.25, 0.3) is 0 Å². The number of hydrogen-bond acceptors (Lipinski definition) is 3. The van der Waals surface area contributed by atoms with Gasteiger partial charge in [-0.25, -0.2) is 4.79 Å². The van der Waals surface area contributed by atoms with E-state index in [9.17, 15) is 9.59 Å². The Labute approximate surface area is 176 Å². The maximum atomic E-state index is 11.4. The van der Waals surface area contributed by atoms with Crippen molar-refractivity contribution in [1.29, 1.82) is 0 Å². The number of carboxylic acid groups (broad SMARTS) is 1. The first-order chi connectivity index (χ1) is 11.7. The zero-order valence-corrected chi connectivity index (χ0v) is 18.9. The molecule has 0 aliphatic carbocycles. The molecule has 0 spiro atoms. The highest BCUT2D eigenvalue weighted by Gasteiger charge is 2.05. The minimum atomic E-state index is -0.878. The highest BCUT2D eigenvalue weighted by Crippen LogP contribution is 2.08. The number of rotatable bonds is 2. The Kier molecular flexibility index (Phi) is 12.4. The molecule has 2 aromatic carbocycles. The number of aromatic carboxylic acids is 1. The highest BCUT2D eigenvalue weighted by molar-refractivity contribution is 14.1.